The molecule has 1 unspecified atom stereocenters. The summed E-state index contributed by atoms with van der Waals surface area (Å²) in [7, 11) is 0. The molecule has 0 aliphatic carbocycles. The Hall–Kier alpha value is -1.16. The Morgan fingerprint density at radius 3 is 2.90 bits per heavy atom. The van der Waals surface area contributed by atoms with Crippen LogP contribution in [-0.2, 0) is 0 Å². The molecule has 2 N–H and O–H groups in total. The maximum Gasteiger partial charge on any atom is 0.250 e. The molecule has 0 aromatic carbocycles. The van der Waals surface area contributed by atoms with E-state index in [1.165, 1.54) is 19.2 Å². The van der Waals surface area contributed by atoms with Gasteiger partial charge in [-0.2, -0.15) is 0 Å². The monoisotopic (exact) mass is 140 g/mol. The zero-order chi connectivity index (χ0) is 7.56. The molecule has 0 bridgehead atoms. The summed E-state index contributed by atoms with van der Waals surface area (Å²) in [6, 6.07) is 1.30. The van der Waals surface area contributed by atoms with Gasteiger partial charge in [-0.05, 0) is 6.92 Å². The SMILES string of the molecule is CC(O)c1nccc(=O)[nH]1. The molecule has 54 valence electrons. The molecule has 1 aromatic rings. The Morgan fingerprint density at radius 2 is 2.50 bits per heavy atom. The van der Waals surface area contributed by atoms with Crippen molar-refractivity contribution in [3.05, 3.63) is 28.4 Å². The van der Waals surface area contributed by atoms with Crippen LogP contribution in [0.4, 0.5) is 0 Å². The molecule has 0 aliphatic rings. The number of hydrogen-bond acceptors (Lipinski definition) is 3. The quantitative estimate of drug-likeness (QED) is 0.568. The topological polar surface area (TPSA) is 66.0 Å². The first-order valence-corrected chi connectivity index (χ1v) is 2.93. The number of aliphatic hydroxyl groups excluding tert-OH is 1. The van der Waals surface area contributed by atoms with E-state index in [2.05, 4.69) is 9.97 Å². The van der Waals surface area contributed by atoms with Gasteiger partial charge in [0.2, 0.25) is 0 Å². The molecule has 0 amide bonds. The Labute approximate surface area is 57.6 Å². The van der Waals surface area contributed by atoms with E-state index in [9.17, 15) is 4.79 Å². The van der Waals surface area contributed by atoms with Crippen molar-refractivity contribution in [2.24, 2.45) is 0 Å². The van der Waals surface area contributed by atoms with Crippen molar-refractivity contribution in [2.75, 3.05) is 0 Å². The van der Waals surface area contributed by atoms with Crippen molar-refractivity contribution >= 4 is 0 Å². The summed E-state index contributed by atoms with van der Waals surface area (Å²) in [4.78, 5) is 16.7. The average Bonchev–Trinajstić information content (AvgIpc) is 1.88. The third-order valence-corrected chi connectivity index (χ3v) is 1.09. The van der Waals surface area contributed by atoms with E-state index in [1.54, 1.807) is 0 Å². The first-order valence-electron chi connectivity index (χ1n) is 2.93. The van der Waals surface area contributed by atoms with Crippen molar-refractivity contribution in [1.29, 1.82) is 0 Å². The second kappa shape index (κ2) is 2.62. The minimum atomic E-state index is -0.714. The highest BCUT2D eigenvalue weighted by molar-refractivity contribution is 4.91. The van der Waals surface area contributed by atoms with Crippen LogP contribution in [0.3, 0.4) is 0 Å². The van der Waals surface area contributed by atoms with Crippen LogP contribution < -0.4 is 5.56 Å². The second-order valence-corrected chi connectivity index (χ2v) is 2.00. The molecule has 4 nitrogen and oxygen atoms in total. The number of aliphatic hydroxyl groups is 1. The smallest absolute Gasteiger partial charge is 0.250 e. The maximum absolute atomic E-state index is 10.6. The number of aromatic amines is 1. The van der Waals surface area contributed by atoms with E-state index in [0.29, 0.717) is 5.82 Å². The lowest BCUT2D eigenvalue weighted by molar-refractivity contribution is 0.188. The summed E-state index contributed by atoms with van der Waals surface area (Å²) in [6.45, 7) is 1.54. The maximum atomic E-state index is 10.6. The molecule has 1 heterocycles. The zero-order valence-corrected chi connectivity index (χ0v) is 5.53. The summed E-state index contributed by atoms with van der Waals surface area (Å²) in [6.07, 6.45) is 0.648. The number of nitrogens with zero attached hydrogens (tertiary/aromatic N) is 1. The van der Waals surface area contributed by atoms with Crippen molar-refractivity contribution in [1.82, 2.24) is 9.97 Å². The first kappa shape index (κ1) is 6.95. The van der Waals surface area contributed by atoms with Gasteiger partial charge in [-0.25, -0.2) is 4.98 Å². The largest absolute Gasteiger partial charge is 0.385 e. The molecule has 0 radical (unpaired) electrons. The Morgan fingerprint density at radius 1 is 1.80 bits per heavy atom. The van der Waals surface area contributed by atoms with Gasteiger partial charge in [-0.3, -0.25) is 4.79 Å². The minimum Gasteiger partial charge on any atom is -0.385 e. The van der Waals surface area contributed by atoms with Crippen molar-refractivity contribution in [3.8, 4) is 0 Å². The molecule has 0 fully saturated rings. The van der Waals surface area contributed by atoms with Gasteiger partial charge in [-0.1, -0.05) is 0 Å². The lowest BCUT2D eigenvalue weighted by atomic mass is 10.4. The molecule has 0 spiro atoms. The van der Waals surface area contributed by atoms with Crippen LogP contribution in [0.15, 0.2) is 17.1 Å². The van der Waals surface area contributed by atoms with Crippen LogP contribution in [0.2, 0.25) is 0 Å². The Balaban J connectivity index is 3.07. The van der Waals surface area contributed by atoms with Crippen molar-refractivity contribution in [3.63, 3.8) is 0 Å². The molecular formula is C6H8N2O2. The van der Waals surface area contributed by atoms with Gasteiger partial charge in [0, 0.05) is 12.3 Å². The van der Waals surface area contributed by atoms with Gasteiger partial charge >= 0.3 is 0 Å². The minimum absolute atomic E-state index is 0.245. The average molecular weight is 140 g/mol. The van der Waals surface area contributed by atoms with Crippen LogP contribution >= 0.6 is 0 Å². The number of H-pyrrole nitrogens is 1. The number of nitrogens with one attached hydrogen (secondary N) is 1. The molecule has 0 saturated heterocycles. The standard InChI is InChI=1S/C6H8N2O2/c1-4(9)6-7-3-2-5(10)8-6/h2-4,9H,1H3,(H,7,8,10). The number of hydrogen-bond donors (Lipinski definition) is 2. The highest BCUT2D eigenvalue weighted by Crippen LogP contribution is 1.99. The van der Waals surface area contributed by atoms with E-state index >= 15 is 0 Å². The van der Waals surface area contributed by atoms with E-state index in [4.69, 9.17) is 5.11 Å². The molecule has 0 saturated carbocycles. The summed E-state index contributed by atoms with van der Waals surface area (Å²) in [5, 5.41) is 8.92. The van der Waals surface area contributed by atoms with Crippen molar-refractivity contribution in [2.45, 2.75) is 13.0 Å². The van der Waals surface area contributed by atoms with E-state index in [1.807, 2.05) is 0 Å². The molecule has 1 rings (SSSR count). The summed E-state index contributed by atoms with van der Waals surface area (Å²) in [5.41, 5.74) is -0.245. The Bertz CT molecular complexity index is 266. The van der Waals surface area contributed by atoms with Crippen LogP contribution in [0.5, 0.6) is 0 Å². The summed E-state index contributed by atoms with van der Waals surface area (Å²) >= 11 is 0. The fourth-order valence-corrected chi connectivity index (χ4v) is 0.598. The van der Waals surface area contributed by atoms with Crippen LogP contribution in [-0.4, -0.2) is 15.1 Å². The summed E-state index contributed by atoms with van der Waals surface area (Å²) < 4.78 is 0. The normalized spacial score (nSPS) is 13.0. The predicted molar refractivity (Wildman–Crippen MR) is 35.5 cm³/mol. The van der Waals surface area contributed by atoms with Gasteiger partial charge < -0.3 is 10.1 Å². The molecule has 0 aliphatic heterocycles. The lowest BCUT2D eigenvalue weighted by Gasteiger charge is -1.99. The van der Waals surface area contributed by atoms with Crippen molar-refractivity contribution < 1.29 is 5.11 Å². The molecule has 4 heteroatoms. The van der Waals surface area contributed by atoms with Gasteiger partial charge in [0.25, 0.3) is 5.56 Å². The van der Waals surface area contributed by atoms with Gasteiger partial charge in [0.1, 0.15) is 11.9 Å². The third kappa shape index (κ3) is 1.41. The molecule has 1 aromatic heterocycles. The van der Waals surface area contributed by atoms with Crippen LogP contribution in [0.25, 0.3) is 0 Å². The van der Waals surface area contributed by atoms with E-state index < -0.39 is 6.10 Å². The fourth-order valence-electron chi connectivity index (χ4n) is 0.598. The third-order valence-electron chi connectivity index (χ3n) is 1.09. The highest BCUT2D eigenvalue weighted by Gasteiger charge is 2.00. The van der Waals surface area contributed by atoms with Crippen LogP contribution in [0.1, 0.15) is 18.9 Å². The van der Waals surface area contributed by atoms with Crippen LogP contribution in [0, 0.1) is 0 Å². The zero-order valence-electron chi connectivity index (χ0n) is 5.53. The highest BCUT2D eigenvalue weighted by atomic mass is 16.3. The fraction of sp³-hybridized carbons (Fsp3) is 0.333. The lowest BCUT2D eigenvalue weighted by Crippen LogP contribution is -2.10. The molecule has 1 atom stereocenters. The van der Waals surface area contributed by atoms with Gasteiger partial charge in [0.05, 0.1) is 0 Å². The van der Waals surface area contributed by atoms with E-state index in [0.717, 1.165) is 0 Å². The Kier molecular flexibility index (Phi) is 1.82. The van der Waals surface area contributed by atoms with Gasteiger partial charge in [-0.15, -0.1) is 0 Å². The summed E-state index contributed by atoms with van der Waals surface area (Å²) in [5.74, 6) is 0.299. The molecular weight excluding hydrogens is 132 g/mol. The first-order chi connectivity index (χ1) is 4.70. The van der Waals surface area contributed by atoms with Gasteiger partial charge in [0.15, 0.2) is 0 Å². The molecule has 10 heavy (non-hydrogen) atoms. The van der Waals surface area contributed by atoms with E-state index in [-0.39, 0.29) is 5.56 Å². The predicted octanol–water partition coefficient (Wildman–Crippen LogP) is -0.177. The number of aromatic nitrogens is 2. The number of rotatable bonds is 1. The second-order valence-electron chi connectivity index (χ2n) is 2.00.